The largest absolute Gasteiger partial charge is 0.313 e. The van der Waals surface area contributed by atoms with E-state index in [2.05, 4.69) is 43.4 Å². The third-order valence-electron chi connectivity index (χ3n) is 1.38. The second-order valence-electron chi connectivity index (χ2n) is 3.10. The van der Waals surface area contributed by atoms with Gasteiger partial charge in [0.25, 0.3) is 0 Å². The quantitative estimate of drug-likeness (QED) is 0.594. The summed E-state index contributed by atoms with van der Waals surface area (Å²) in [7, 11) is 1.78. The van der Waals surface area contributed by atoms with Gasteiger partial charge in [0.1, 0.15) is 0 Å². The lowest BCUT2D eigenvalue weighted by Gasteiger charge is -1.93. The van der Waals surface area contributed by atoms with Gasteiger partial charge in [-0.05, 0) is 12.5 Å². The van der Waals surface area contributed by atoms with E-state index in [0.717, 1.165) is 5.56 Å². The molecule has 0 aliphatic heterocycles. The normalized spacial score (nSPS) is 8.62. The minimum atomic E-state index is 1.12. The molecule has 0 aliphatic rings. The molecule has 0 unspecified atom stereocenters. The molecule has 1 N–H and O–H groups in total. The van der Waals surface area contributed by atoms with Crippen molar-refractivity contribution in [1.82, 2.24) is 5.43 Å². The highest BCUT2D eigenvalue weighted by atomic mass is 15.3. The highest BCUT2D eigenvalue weighted by Crippen LogP contribution is 2.00. The van der Waals surface area contributed by atoms with Crippen molar-refractivity contribution in [2.45, 2.75) is 41.0 Å². The van der Waals surface area contributed by atoms with Gasteiger partial charge in [-0.25, -0.2) is 0 Å². The zero-order chi connectivity index (χ0) is 12.8. The highest BCUT2D eigenvalue weighted by Gasteiger charge is 1.86. The summed E-state index contributed by atoms with van der Waals surface area (Å²) in [6, 6.07) is 8.19. The summed E-state index contributed by atoms with van der Waals surface area (Å²) in [5.74, 6) is 0. The second kappa shape index (κ2) is 13.7. The van der Waals surface area contributed by atoms with Crippen LogP contribution in [0.5, 0.6) is 0 Å². The standard InChI is InChI=1S/C9H12N2.C3H8.C2H6/c1-8-4-3-5-9(6-8)7-11-10-2;1-3-2;1-2/h3-7,10H,1-2H3;3H2,1-2H3;1-2H3/b11-7+;;. The van der Waals surface area contributed by atoms with Crippen molar-refractivity contribution in [3.05, 3.63) is 35.4 Å². The Morgan fingerprint density at radius 3 is 2.25 bits per heavy atom. The molecule has 16 heavy (non-hydrogen) atoms. The van der Waals surface area contributed by atoms with Gasteiger partial charge in [-0.15, -0.1) is 0 Å². The molecule has 2 nitrogen and oxygen atoms in total. The number of aryl methyl sites for hydroxylation is 1. The third kappa shape index (κ3) is 10.8. The molecule has 0 aromatic heterocycles. The lowest BCUT2D eigenvalue weighted by atomic mass is 10.2. The van der Waals surface area contributed by atoms with Crippen molar-refractivity contribution in [2.75, 3.05) is 7.05 Å². The molecule has 0 spiro atoms. The topological polar surface area (TPSA) is 24.4 Å². The minimum Gasteiger partial charge on any atom is -0.313 e. The zero-order valence-electron chi connectivity index (χ0n) is 11.5. The predicted molar refractivity (Wildman–Crippen MR) is 75.1 cm³/mol. The van der Waals surface area contributed by atoms with Crippen LogP contribution in [0.2, 0.25) is 0 Å². The van der Waals surface area contributed by atoms with E-state index in [0.29, 0.717) is 0 Å². The molecule has 2 heteroatoms. The second-order valence-corrected chi connectivity index (χ2v) is 3.10. The molecular weight excluding hydrogens is 196 g/mol. The molecule has 0 heterocycles. The molecule has 0 atom stereocenters. The van der Waals surface area contributed by atoms with E-state index in [4.69, 9.17) is 0 Å². The fourth-order valence-electron chi connectivity index (χ4n) is 0.890. The van der Waals surface area contributed by atoms with Crippen molar-refractivity contribution in [3.8, 4) is 0 Å². The minimum absolute atomic E-state index is 1.12. The van der Waals surface area contributed by atoms with E-state index in [1.165, 1.54) is 12.0 Å². The van der Waals surface area contributed by atoms with Crippen molar-refractivity contribution in [1.29, 1.82) is 0 Å². The Kier molecular flexibility index (Phi) is 14.6. The molecule has 1 aromatic carbocycles. The molecule has 1 aromatic rings. The van der Waals surface area contributed by atoms with Crippen molar-refractivity contribution >= 4 is 6.21 Å². The van der Waals surface area contributed by atoms with Crippen LogP contribution in [0.15, 0.2) is 29.4 Å². The lowest BCUT2D eigenvalue weighted by molar-refractivity contribution is 0.908. The molecule has 0 amide bonds. The monoisotopic (exact) mass is 222 g/mol. The smallest absolute Gasteiger partial charge is 0.0540 e. The number of hydrogen-bond donors (Lipinski definition) is 1. The van der Waals surface area contributed by atoms with Gasteiger partial charge in [0.05, 0.1) is 6.21 Å². The van der Waals surface area contributed by atoms with Crippen molar-refractivity contribution < 1.29 is 0 Å². The summed E-state index contributed by atoms with van der Waals surface area (Å²) in [6.07, 6.45) is 3.05. The first-order valence-corrected chi connectivity index (χ1v) is 6.01. The van der Waals surface area contributed by atoms with Gasteiger partial charge in [0.15, 0.2) is 0 Å². The first-order valence-electron chi connectivity index (χ1n) is 6.01. The lowest BCUT2D eigenvalue weighted by Crippen LogP contribution is -1.94. The Morgan fingerprint density at radius 2 is 1.81 bits per heavy atom. The van der Waals surface area contributed by atoms with Crippen LogP contribution >= 0.6 is 0 Å². The maximum atomic E-state index is 3.91. The Labute approximate surface area is 101 Å². The third-order valence-corrected chi connectivity index (χ3v) is 1.38. The maximum absolute atomic E-state index is 3.91. The highest BCUT2D eigenvalue weighted by molar-refractivity contribution is 5.79. The van der Waals surface area contributed by atoms with Crippen LogP contribution in [0.3, 0.4) is 0 Å². The van der Waals surface area contributed by atoms with E-state index < -0.39 is 0 Å². The van der Waals surface area contributed by atoms with E-state index in [-0.39, 0.29) is 0 Å². The van der Waals surface area contributed by atoms with Gasteiger partial charge in [-0.2, -0.15) is 5.10 Å². The van der Waals surface area contributed by atoms with Crippen LogP contribution in [0.25, 0.3) is 0 Å². The summed E-state index contributed by atoms with van der Waals surface area (Å²) in [5, 5.41) is 3.91. The van der Waals surface area contributed by atoms with Crippen LogP contribution in [0, 0.1) is 6.92 Å². The average molecular weight is 222 g/mol. The summed E-state index contributed by atoms with van der Waals surface area (Å²) in [4.78, 5) is 0. The fraction of sp³-hybridized carbons (Fsp3) is 0.500. The van der Waals surface area contributed by atoms with Crippen molar-refractivity contribution in [3.63, 3.8) is 0 Å². The van der Waals surface area contributed by atoms with Gasteiger partial charge in [-0.1, -0.05) is 63.9 Å². The Balaban J connectivity index is 0. The Morgan fingerprint density at radius 1 is 1.25 bits per heavy atom. The van der Waals surface area contributed by atoms with Gasteiger partial charge in [0.2, 0.25) is 0 Å². The number of rotatable bonds is 2. The van der Waals surface area contributed by atoms with Crippen LogP contribution < -0.4 is 5.43 Å². The van der Waals surface area contributed by atoms with E-state index >= 15 is 0 Å². The Bertz CT molecular complexity index is 267. The zero-order valence-corrected chi connectivity index (χ0v) is 11.5. The van der Waals surface area contributed by atoms with Gasteiger partial charge in [-0.3, -0.25) is 0 Å². The van der Waals surface area contributed by atoms with Crippen molar-refractivity contribution in [2.24, 2.45) is 5.10 Å². The molecule has 0 radical (unpaired) electrons. The van der Waals surface area contributed by atoms with E-state index in [9.17, 15) is 0 Å². The van der Waals surface area contributed by atoms with E-state index in [1.807, 2.05) is 26.0 Å². The van der Waals surface area contributed by atoms with E-state index in [1.54, 1.807) is 13.3 Å². The predicted octanol–water partition coefficient (Wildman–Crippen LogP) is 3.99. The summed E-state index contributed by atoms with van der Waals surface area (Å²) in [6.45, 7) is 10.3. The molecule has 0 saturated carbocycles. The molecule has 1 rings (SSSR count). The first-order chi connectivity index (χ1) is 7.74. The molecule has 0 saturated heterocycles. The first kappa shape index (κ1) is 17.1. The van der Waals surface area contributed by atoms with Crippen LogP contribution in [0.4, 0.5) is 0 Å². The summed E-state index contributed by atoms with van der Waals surface area (Å²) >= 11 is 0. The summed E-state index contributed by atoms with van der Waals surface area (Å²) in [5.41, 5.74) is 5.08. The number of hydrogen-bond acceptors (Lipinski definition) is 2. The van der Waals surface area contributed by atoms with Gasteiger partial charge < -0.3 is 5.43 Å². The SMILES string of the molecule is CC.CCC.CN/N=C/c1cccc(C)c1. The molecule has 0 bridgehead atoms. The molecule has 92 valence electrons. The van der Waals surface area contributed by atoms with Gasteiger partial charge in [0, 0.05) is 7.05 Å². The number of hydrazone groups is 1. The van der Waals surface area contributed by atoms with Crippen LogP contribution in [0.1, 0.15) is 45.2 Å². The number of benzene rings is 1. The maximum Gasteiger partial charge on any atom is 0.0540 e. The Hall–Kier alpha value is -1.31. The van der Waals surface area contributed by atoms with Crippen LogP contribution in [-0.2, 0) is 0 Å². The number of nitrogens with one attached hydrogen (secondary N) is 1. The molecule has 0 aliphatic carbocycles. The van der Waals surface area contributed by atoms with Crippen LogP contribution in [-0.4, -0.2) is 13.3 Å². The fourth-order valence-corrected chi connectivity index (χ4v) is 0.890. The molecular formula is C14H26N2. The number of nitrogens with zero attached hydrogens (tertiary/aromatic N) is 1. The average Bonchev–Trinajstić information content (AvgIpc) is 2.30. The summed E-state index contributed by atoms with van der Waals surface area (Å²) < 4.78 is 0. The van der Waals surface area contributed by atoms with Gasteiger partial charge >= 0.3 is 0 Å². The molecule has 0 fully saturated rings.